The highest BCUT2D eigenvalue weighted by Gasteiger charge is 2.32. The second-order valence-electron chi connectivity index (χ2n) is 4.74. The zero-order valence-corrected chi connectivity index (χ0v) is 11.3. The lowest BCUT2D eigenvalue weighted by Gasteiger charge is -2.23. The SMILES string of the molecule is CCc1nc(C2CCCN2c2ncccc2C#N)no1. The average Bonchev–Trinajstić information content (AvgIpc) is 3.15. The van der Waals surface area contributed by atoms with Gasteiger partial charge in [-0.2, -0.15) is 10.2 Å². The number of pyridine rings is 1. The molecule has 2 aromatic heterocycles. The van der Waals surface area contributed by atoms with Gasteiger partial charge in [0.1, 0.15) is 11.9 Å². The van der Waals surface area contributed by atoms with Crippen LogP contribution in [0.4, 0.5) is 5.82 Å². The first-order valence-electron chi connectivity index (χ1n) is 6.77. The van der Waals surface area contributed by atoms with Crippen LogP contribution >= 0.6 is 0 Å². The third-order valence-electron chi connectivity index (χ3n) is 3.52. The first kappa shape index (κ1) is 12.6. The zero-order chi connectivity index (χ0) is 13.9. The summed E-state index contributed by atoms with van der Waals surface area (Å²) in [5, 5.41) is 13.3. The van der Waals surface area contributed by atoms with Crippen LogP contribution in [0.5, 0.6) is 0 Å². The molecule has 20 heavy (non-hydrogen) atoms. The number of aryl methyl sites for hydroxylation is 1. The van der Waals surface area contributed by atoms with Crippen molar-refractivity contribution in [1.82, 2.24) is 15.1 Å². The summed E-state index contributed by atoms with van der Waals surface area (Å²) >= 11 is 0. The van der Waals surface area contributed by atoms with Crippen LogP contribution in [0.2, 0.25) is 0 Å². The molecule has 0 amide bonds. The van der Waals surface area contributed by atoms with Crippen molar-refractivity contribution < 1.29 is 4.52 Å². The molecule has 0 aliphatic carbocycles. The molecular formula is C14H15N5O. The van der Waals surface area contributed by atoms with E-state index in [1.54, 1.807) is 18.3 Å². The number of aromatic nitrogens is 3. The summed E-state index contributed by atoms with van der Waals surface area (Å²) < 4.78 is 5.19. The summed E-state index contributed by atoms with van der Waals surface area (Å²) in [5.74, 6) is 2.04. The van der Waals surface area contributed by atoms with Crippen LogP contribution in [0.25, 0.3) is 0 Å². The predicted molar refractivity (Wildman–Crippen MR) is 71.9 cm³/mol. The van der Waals surface area contributed by atoms with E-state index in [9.17, 15) is 5.26 Å². The van der Waals surface area contributed by atoms with Gasteiger partial charge in [-0.15, -0.1) is 0 Å². The molecule has 6 heteroatoms. The first-order chi connectivity index (χ1) is 9.83. The second kappa shape index (κ2) is 5.29. The molecule has 0 aromatic carbocycles. The number of hydrogen-bond donors (Lipinski definition) is 0. The van der Waals surface area contributed by atoms with Crippen molar-refractivity contribution in [2.75, 3.05) is 11.4 Å². The molecule has 3 heterocycles. The van der Waals surface area contributed by atoms with Gasteiger partial charge in [-0.3, -0.25) is 0 Å². The lowest BCUT2D eigenvalue weighted by molar-refractivity contribution is 0.373. The fraction of sp³-hybridized carbons (Fsp3) is 0.429. The molecule has 0 radical (unpaired) electrons. The number of hydrogen-bond acceptors (Lipinski definition) is 6. The second-order valence-corrected chi connectivity index (χ2v) is 4.74. The van der Waals surface area contributed by atoms with E-state index in [0.717, 1.165) is 25.8 Å². The van der Waals surface area contributed by atoms with Crippen molar-refractivity contribution in [3.8, 4) is 6.07 Å². The summed E-state index contributed by atoms with van der Waals surface area (Å²) in [6.45, 7) is 2.84. The van der Waals surface area contributed by atoms with Gasteiger partial charge in [0.25, 0.3) is 0 Å². The van der Waals surface area contributed by atoms with Crippen LogP contribution in [0.3, 0.4) is 0 Å². The fourth-order valence-corrected chi connectivity index (χ4v) is 2.55. The van der Waals surface area contributed by atoms with Gasteiger partial charge in [-0.25, -0.2) is 4.98 Å². The summed E-state index contributed by atoms with van der Waals surface area (Å²) in [4.78, 5) is 10.9. The van der Waals surface area contributed by atoms with Crippen LogP contribution in [0, 0.1) is 11.3 Å². The maximum absolute atomic E-state index is 9.21. The normalized spacial score (nSPS) is 18.2. The molecule has 0 saturated carbocycles. The van der Waals surface area contributed by atoms with Crippen molar-refractivity contribution in [2.24, 2.45) is 0 Å². The smallest absolute Gasteiger partial charge is 0.226 e. The van der Waals surface area contributed by atoms with E-state index in [4.69, 9.17) is 4.52 Å². The van der Waals surface area contributed by atoms with E-state index in [0.29, 0.717) is 23.1 Å². The minimum absolute atomic E-state index is 0.0426. The molecule has 0 N–H and O–H groups in total. The Hall–Kier alpha value is -2.42. The van der Waals surface area contributed by atoms with E-state index < -0.39 is 0 Å². The maximum atomic E-state index is 9.21. The fourth-order valence-electron chi connectivity index (χ4n) is 2.55. The zero-order valence-electron chi connectivity index (χ0n) is 11.3. The van der Waals surface area contributed by atoms with E-state index in [1.807, 2.05) is 6.92 Å². The molecular weight excluding hydrogens is 254 g/mol. The average molecular weight is 269 g/mol. The van der Waals surface area contributed by atoms with Crippen LogP contribution < -0.4 is 4.90 Å². The van der Waals surface area contributed by atoms with Gasteiger partial charge in [-0.05, 0) is 25.0 Å². The van der Waals surface area contributed by atoms with Gasteiger partial charge in [0, 0.05) is 19.2 Å². The molecule has 1 unspecified atom stereocenters. The largest absolute Gasteiger partial charge is 0.345 e. The van der Waals surface area contributed by atoms with Gasteiger partial charge < -0.3 is 9.42 Å². The van der Waals surface area contributed by atoms with Crippen molar-refractivity contribution in [2.45, 2.75) is 32.2 Å². The Bertz CT molecular complexity index is 645. The molecule has 1 saturated heterocycles. The molecule has 0 bridgehead atoms. The number of rotatable bonds is 3. The van der Waals surface area contributed by atoms with E-state index in [-0.39, 0.29) is 6.04 Å². The van der Waals surface area contributed by atoms with E-state index in [2.05, 4.69) is 26.1 Å². The Labute approximate surface area is 117 Å². The van der Waals surface area contributed by atoms with Gasteiger partial charge in [0.2, 0.25) is 5.89 Å². The lowest BCUT2D eigenvalue weighted by atomic mass is 10.2. The van der Waals surface area contributed by atoms with Crippen molar-refractivity contribution in [3.05, 3.63) is 35.6 Å². The first-order valence-corrected chi connectivity index (χ1v) is 6.77. The third-order valence-corrected chi connectivity index (χ3v) is 3.52. The lowest BCUT2D eigenvalue weighted by Crippen LogP contribution is -2.25. The van der Waals surface area contributed by atoms with Gasteiger partial charge >= 0.3 is 0 Å². The monoisotopic (exact) mass is 269 g/mol. The molecule has 0 spiro atoms. The summed E-state index contributed by atoms with van der Waals surface area (Å²) in [6, 6.07) is 5.79. The van der Waals surface area contributed by atoms with E-state index >= 15 is 0 Å². The van der Waals surface area contributed by atoms with Crippen LogP contribution in [-0.4, -0.2) is 21.7 Å². The quantitative estimate of drug-likeness (QED) is 0.850. The molecule has 3 rings (SSSR count). The van der Waals surface area contributed by atoms with Crippen molar-refractivity contribution >= 4 is 5.82 Å². The highest BCUT2D eigenvalue weighted by Crippen LogP contribution is 2.35. The minimum Gasteiger partial charge on any atom is -0.345 e. The Morgan fingerprint density at radius 2 is 2.45 bits per heavy atom. The number of anilines is 1. The summed E-state index contributed by atoms with van der Waals surface area (Å²) in [5.41, 5.74) is 0.582. The Kier molecular flexibility index (Phi) is 3.33. The molecule has 102 valence electrons. The van der Waals surface area contributed by atoms with Gasteiger partial charge in [-0.1, -0.05) is 12.1 Å². The highest BCUT2D eigenvalue weighted by atomic mass is 16.5. The van der Waals surface area contributed by atoms with Crippen molar-refractivity contribution in [3.63, 3.8) is 0 Å². The molecule has 1 fully saturated rings. The Morgan fingerprint density at radius 1 is 1.55 bits per heavy atom. The summed E-state index contributed by atoms with van der Waals surface area (Å²) in [7, 11) is 0. The van der Waals surface area contributed by atoms with Crippen LogP contribution in [0.15, 0.2) is 22.9 Å². The highest BCUT2D eigenvalue weighted by molar-refractivity contribution is 5.55. The third kappa shape index (κ3) is 2.11. The molecule has 6 nitrogen and oxygen atoms in total. The number of nitrogens with zero attached hydrogens (tertiary/aromatic N) is 5. The topological polar surface area (TPSA) is 78.8 Å². The Balaban J connectivity index is 1.94. The molecule has 1 aliphatic heterocycles. The standard InChI is InChI=1S/C14H15N5O/c1-2-12-17-13(18-20-12)11-6-4-8-19(11)14-10(9-15)5-3-7-16-14/h3,5,7,11H,2,4,6,8H2,1H3. The van der Waals surface area contributed by atoms with Gasteiger partial charge in [0.15, 0.2) is 5.82 Å². The molecule has 1 aliphatic rings. The maximum Gasteiger partial charge on any atom is 0.226 e. The van der Waals surface area contributed by atoms with Crippen LogP contribution in [0.1, 0.15) is 43.1 Å². The van der Waals surface area contributed by atoms with Gasteiger partial charge in [0.05, 0.1) is 11.6 Å². The van der Waals surface area contributed by atoms with Crippen LogP contribution in [-0.2, 0) is 6.42 Å². The minimum atomic E-state index is 0.0426. The molecule has 1 atom stereocenters. The predicted octanol–water partition coefficient (Wildman–Crippen LogP) is 2.24. The molecule has 2 aromatic rings. The number of nitriles is 1. The Morgan fingerprint density at radius 3 is 3.20 bits per heavy atom. The van der Waals surface area contributed by atoms with Crippen molar-refractivity contribution in [1.29, 1.82) is 5.26 Å². The van der Waals surface area contributed by atoms with E-state index in [1.165, 1.54) is 0 Å². The summed E-state index contributed by atoms with van der Waals surface area (Å²) in [6.07, 6.45) is 4.41.